The second kappa shape index (κ2) is 5.66. The first kappa shape index (κ1) is 16.4. The number of nitrogens with two attached hydrogens (primary N) is 2. The van der Waals surface area contributed by atoms with Gasteiger partial charge in [0.2, 0.25) is 5.95 Å². The fourth-order valence-corrected chi connectivity index (χ4v) is 2.48. The van der Waals surface area contributed by atoms with Crippen LogP contribution in [0.3, 0.4) is 0 Å². The molecule has 0 amide bonds. The van der Waals surface area contributed by atoms with Crippen LogP contribution in [0.5, 0.6) is 0 Å². The van der Waals surface area contributed by atoms with Crippen molar-refractivity contribution in [3.8, 4) is 0 Å². The van der Waals surface area contributed by atoms with Crippen molar-refractivity contribution in [1.82, 2.24) is 4.98 Å². The van der Waals surface area contributed by atoms with Crippen LogP contribution in [0.1, 0.15) is 23.6 Å². The van der Waals surface area contributed by atoms with Crippen molar-refractivity contribution in [3.05, 3.63) is 64.5 Å². The van der Waals surface area contributed by atoms with Gasteiger partial charge in [-0.15, -0.1) is 0 Å². The molecule has 118 valence electrons. The smallest absolute Gasteiger partial charge is 0.212 e. The molecule has 0 aliphatic rings. The van der Waals surface area contributed by atoms with E-state index in [0.29, 0.717) is 0 Å². The number of hydrogen-bond acceptors (Lipinski definition) is 3. The van der Waals surface area contributed by atoms with E-state index < -0.39 is 35.0 Å². The van der Waals surface area contributed by atoms with Gasteiger partial charge in [-0.3, -0.25) is 0 Å². The third-order valence-electron chi connectivity index (χ3n) is 3.70. The number of halogens is 4. The van der Waals surface area contributed by atoms with Crippen LogP contribution < -0.4 is 11.5 Å². The molecule has 0 bridgehead atoms. The van der Waals surface area contributed by atoms with E-state index in [1.165, 1.54) is 19.9 Å². The highest BCUT2D eigenvalue weighted by Gasteiger charge is 2.39. The average Bonchev–Trinajstić information content (AvgIpc) is 2.45. The number of pyridine rings is 1. The summed E-state index contributed by atoms with van der Waals surface area (Å²) < 4.78 is 54.2. The summed E-state index contributed by atoms with van der Waals surface area (Å²) in [6, 6.07) is 2.28. The van der Waals surface area contributed by atoms with Gasteiger partial charge in [0.25, 0.3) is 0 Å². The fourth-order valence-electron chi connectivity index (χ4n) is 2.48. The summed E-state index contributed by atoms with van der Waals surface area (Å²) in [5, 5.41) is 0. The zero-order valence-electron chi connectivity index (χ0n) is 12.0. The van der Waals surface area contributed by atoms with Crippen LogP contribution in [0, 0.1) is 30.3 Å². The largest absolute Gasteiger partial charge is 0.326 e. The Morgan fingerprint density at radius 1 is 1.14 bits per heavy atom. The fraction of sp³-hybridized carbons (Fsp3) is 0.267. The zero-order valence-corrected chi connectivity index (χ0v) is 12.0. The van der Waals surface area contributed by atoms with Gasteiger partial charge in [0.1, 0.15) is 0 Å². The summed E-state index contributed by atoms with van der Waals surface area (Å²) in [5.41, 5.74) is 10.4. The summed E-state index contributed by atoms with van der Waals surface area (Å²) in [5.74, 6) is -5.12. The third-order valence-corrected chi connectivity index (χ3v) is 3.70. The second-order valence-electron chi connectivity index (χ2n) is 5.21. The van der Waals surface area contributed by atoms with Gasteiger partial charge in [-0.2, -0.15) is 4.39 Å². The number of aromatic nitrogens is 1. The summed E-state index contributed by atoms with van der Waals surface area (Å²) >= 11 is 0. The molecule has 2 aromatic rings. The summed E-state index contributed by atoms with van der Waals surface area (Å²) in [4.78, 5) is 3.46. The van der Waals surface area contributed by atoms with Crippen LogP contribution in [-0.2, 0) is 5.54 Å². The molecule has 0 aliphatic carbocycles. The lowest BCUT2D eigenvalue weighted by Crippen LogP contribution is -2.53. The Morgan fingerprint density at radius 2 is 1.77 bits per heavy atom. The SMILES string of the molecule is Cc1cc(F)c(F)c(F)c1[C@@](N)(c1ccc(F)nc1)C(C)N. The van der Waals surface area contributed by atoms with E-state index in [1.807, 2.05) is 0 Å². The van der Waals surface area contributed by atoms with Crippen molar-refractivity contribution in [1.29, 1.82) is 0 Å². The Hall–Kier alpha value is -1.99. The van der Waals surface area contributed by atoms with E-state index in [1.54, 1.807) is 0 Å². The van der Waals surface area contributed by atoms with Gasteiger partial charge >= 0.3 is 0 Å². The van der Waals surface area contributed by atoms with Gasteiger partial charge in [0.05, 0.1) is 5.54 Å². The lowest BCUT2D eigenvalue weighted by molar-refractivity contribution is 0.386. The van der Waals surface area contributed by atoms with Gasteiger partial charge < -0.3 is 11.5 Å². The molecule has 3 nitrogen and oxygen atoms in total. The number of nitrogens with zero attached hydrogens (tertiary/aromatic N) is 1. The van der Waals surface area contributed by atoms with Gasteiger partial charge in [-0.05, 0) is 37.1 Å². The van der Waals surface area contributed by atoms with Crippen molar-refractivity contribution < 1.29 is 17.6 Å². The van der Waals surface area contributed by atoms with Crippen molar-refractivity contribution in [2.24, 2.45) is 11.5 Å². The number of aryl methyl sites for hydroxylation is 1. The molecule has 1 aromatic carbocycles. The van der Waals surface area contributed by atoms with Crippen LogP contribution in [0.2, 0.25) is 0 Å². The van der Waals surface area contributed by atoms with Gasteiger partial charge in [0, 0.05) is 17.8 Å². The molecule has 0 spiro atoms. The standard InChI is InChI=1S/C15H15F4N3/c1-7-5-10(16)13(18)14(19)12(7)15(21,8(2)20)9-3-4-11(17)22-6-9/h3-6,8H,20-21H2,1-2H3/t8?,15-/m0/s1. The molecule has 1 heterocycles. The Labute approximate surface area is 125 Å². The van der Waals surface area contributed by atoms with Crippen LogP contribution in [-0.4, -0.2) is 11.0 Å². The minimum atomic E-state index is -1.69. The quantitative estimate of drug-likeness (QED) is 0.520. The summed E-state index contributed by atoms with van der Waals surface area (Å²) in [6.45, 7) is 2.88. The highest BCUT2D eigenvalue weighted by molar-refractivity contribution is 5.44. The van der Waals surface area contributed by atoms with E-state index in [4.69, 9.17) is 11.5 Å². The molecule has 4 N–H and O–H groups in total. The molecule has 0 fully saturated rings. The van der Waals surface area contributed by atoms with Crippen LogP contribution in [0.15, 0.2) is 24.4 Å². The number of hydrogen-bond donors (Lipinski definition) is 2. The van der Waals surface area contributed by atoms with E-state index in [9.17, 15) is 17.6 Å². The van der Waals surface area contributed by atoms with Gasteiger partial charge in [-0.25, -0.2) is 18.2 Å². The maximum absolute atomic E-state index is 14.3. The van der Waals surface area contributed by atoms with Gasteiger partial charge in [0.15, 0.2) is 17.5 Å². The molecule has 1 aromatic heterocycles. The number of benzene rings is 1. The van der Waals surface area contributed by atoms with Crippen molar-refractivity contribution >= 4 is 0 Å². The van der Waals surface area contributed by atoms with Crippen molar-refractivity contribution in [3.63, 3.8) is 0 Å². The molecule has 1 unspecified atom stereocenters. The Morgan fingerprint density at radius 3 is 2.27 bits per heavy atom. The average molecular weight is 313 g/mol. The molecule has 2 rings (SSSR count). The van der Waals surface area contributed by atoms with E-state index >= 15 is 0 Å². The maximum atomic E-state index is 14.3. The van der Waals surface area contributed by atoms with Crippen molar-refractivity contribution in [2.75, 3.05) is 0 Å². The van der Waals surface area contributed by atoms with Gasteiger partial charge in [-0.1, -0.05) is 6.07 Å². The number of rotatable bonds is 3. The lowest BCUT2D eigenvalue weighted by atomic mass is 9.77. The highest BCUT2D eigenvalue weighted by atomic mass is 19.2. The Bertz CT molecular complexity index is 701. The predicted molar refractivity (Wildman–Crippen MR) is 73.9 cm³/mol. The normalized spacial score (nSPS) is 15.5. The van der Waals surface area contributed by atoms with Crippen molar-refractivity contribution in [2.45, 2.75) is 25.4 Å². The third kappa shape index (κ3) is 2.46. The first-order valence-electron chi connectivity index (χ1n) is 6.50. The highest BCUT2D eigenvalue weighted by Crippen LogP contribution is 2.35. The monoisotopic (exact) mass is 313 g/mol. The lowest BCUT2D eigenvalue weighted by Gasteiger charge is -2.35. The molecule has 0 saturated heterocycles. The predicted octanol–water partition coefficient (Wildman–Crippen LogP) is 2.50. The van der Waals surface area contributed by atoms with Crippen LogP contribution in [0.25, 0.3) is 0 Å². The van der Waals surface area contributed by atoms with Crippen LogP contribution in [0.4, 0.5) is 17.6 Å². The second-order valence-corrected chi connectivity index (χ2v) is 5.21. The van der Waals surface area contributed by atoms with E-state index in [-0.39, 0.29) is 16.7 Å². The Kier molecular flexibility index (Phi) is 4.21. The molecular weight excluding hydrogens is 298 g/mol. The molecule has 2 atom stereocenters. The zero-order chi connectivity index (χ0) is 16.7. The minimum Gasteiger partial charge on any atom is -0.326 e. The Balaban J connectivity index is 2.78. The topological polar surface area (TPSA) is 64.9 Å². The van der Waals surface area contributed by atoms with Crippen LogP contribution >= 0.6 is 0 Å². The summed E-state index contributed by atoms with van der Waals surface area (Å²) in [6.07, 6.45) is 1.10. The van der Waals surface area contributed by atoms with E-state index in [2.05, 4.69) is 4.98 Å². The van der Waals surface area contributed by atoms with E-state index in [0.717, 1.165) is 18.3 Å². The first-order chi connectivity index (χ1) is 10.2. The minimum absolute atomic E-state index is 0.0977. The molecule has 0 radical (unpaired) electrons. The molecule has 7 heteroatoms. The molecule has 22 heavy (non-hydrogen) atoms. The molecular formula is C15H15F4N3. The molecule has 0 aliphatic heterocycles. The maximum Gasteiger partial charge on any atom is 0.212 e. The summed E-state index contributed by atoms with van der Waals surface area (Å²) in [7, 11) is 0. The molecule has 0 saturated carbocycles. The first-order valence-corrected chi connectivity index (χ1v) is 6.50.